The monoisotopic (exact) mass is 371 g/mol. The zero-order valence-corrected chi connectivity index (χ0v) is 15.3. The highest BCUT2D eigenvalue weighted by Gasteiger charge is 2.26. The summed E-state index contributed by atoms with van der Waals surface area (Å²) in [6.07, 6.45) is 3.56. The van der Waals surface area contributed by atoms with Crippen LogP contribution < -0.4 is 9.80 Å². The van der Waals surface area contributed by atoms with Gasteiger partial charge < -0.3 is 9.80 Å². The molecule has 0 spiro atoms. The third-order valence-corrected chi connectivity index (χ3v) is 5.69. The summed E-state index contributed by atoms with van der Waals surface area (Å²) in [6.45, 7) is 3.68. The topological polar surface area (TPSA) is 69.6 Å². The lowest BCUT2D eigenvalue weighted by molar-refractivity contribution is -0.130. The molecule has 136 valence electrons. The van der Waals surface area contributed by atoms with Gasteiger partial charge in [0.2, 0.25) is 11.8 Å². The molecule has 0 atom stereocenters. The van der Waals surface area contributed by atoms with Crippen molar-refractivity contribution in [2.75, 3.05) is 42.5 Å². The molecule has 4 rings (SSSR count). The van der Waals surface area contributed by atoms with E-state index in [0.717, 1.165) is 42.7 Å². The van der Waals surface area contributed by atoms with Gasteiger partial charge in [-0.25, -0.2) is 9.97 Å². The Morgan fingerprint density at radius 1 is 1.15 bits per heavy atom. The van der Waals surface area contributed by atoms with E-state index in [0.29, 0.717) is 25.9 Å². The lowest BCUT2D eigenvalue weighted by Crippen LogP contribution is -2.49. The van der Waals surface area contributed by atoms with Gasteiger partial charge in [-0.3, -0.25) is 14.5 Å². The SMILES string of the molecule is O=C(Cc1csc(N2CCCC2=O)n1)N1CCN(c2ccccn2)CC1. The van der Waals surface area contributed by atoms with Crippen LogP contribution in [0.2, 0.25) is 0 Å². The quantitative estimate of drug-likeness (QED) is 0.816. The average molecular weight is 371 g/mol. The molecule has 7 nitrogen and oxygen atoms in total. The maximum absolute atomic E-state index is 12.6. The second-order valence-electron chi connectivity index (χ2n) is 6.50. The van der Waals surface area contributed by atoms with Crippen LogP contribution in [0.5, 0.6) is 0 Å². The maximum Gasteiger partial charge on any atom is 0.228 e. The molecule has 2 amide bonds. The fourth-order valence-electron chi connectivity index (χ4n) is 3.34. The molecule has 2 aromatic rings. The van der Waals surface area contributed by atoms with Crippen molar-refractivity contribution >= 4 is 34.1 Å². The Balaban J connectivity index is 1.32. The van der Waals surface area contributed by atoms with Gasteiger partial charge in [0.05, 0.1) is 12.1 Å². The van der Waals surface area contributed by atoms with Gasteiger partial charge in [0.25, 0.3) is 0 Å². The van der Waals surface area contributed by atoms with Gasteiger partial charge in [0, 0.05) is 50.7 Å². The lowest BCUT2D eigenvalue weighted by atomic mass is 10.2. The van der Waals surface area contributed by atoms with Crippen LogP contribution >= 0.6 is 11.3 Å². The molecule has 4 heterocycles. The van der Waals surface area contributed by atoms with Crippen molar-refractivity contribution in [1.82, 2.24) is 14.9 Å². The third kappa shape index (κ3) is 3.55. The summed E-state index contributed by atoms with van der Waals surface area (Å²) >= 11 is 1.44. The number of carbonyl (C=O) groups is 2. The Hall–Kier alpha value is -2.48. The van der Waals surface area contributed by atoms with E-state index in [-0.39, 0.29) is 11.8 Å². The summed E-state index contributed by atoms with van der Waals surface area (Å²) in [4.78, 5) is 39.1. The molecule has 8 heteroatoms. The predicted octanol–water partition coefficient (Wildman–Crippen LogP) is 1.56. The normalized spacial score (nSPS) is 17.8. The first-order valence-electron chi connectivity index (χ1n) is 8.89. The van der Waals surface area contributed by atoms with Gasteiger partial charge in [-0.15, -0.1) is 11.3 Å². The molecule has 2 aliphatic heterocycles. The second kappa shape index (κ2) is 7.41. The summed E-state index contributed by atoms with van der Waals surface area (Å²) in [7, 11) is 0. The van der Waals surface area contributed by atoms with Crippen LogP contribution in [0.4, 0.5) is 10.9 Å². The van der Waals surface area contributed by atoms with Crippen molar-refractivity contribution in [3.05, 3.63) is 35.5 Å². The largest absolute Gasteiger partial charge is 0.353 e. The molecule has 0 radical (unpaired) electrons. The number of pyridine rings is 1. The summed E-state index contributed by atoms with van der Waals surface area (Å²) in [5.41, 5.74) is 0.752. The van der Waals surface area contributed by atoms with Gasteiger partial charge in [-0.1, -0.05) is 6.07 Å². The molecular weight excluding hydrogens is 350 g/mol. The van der Waals surface area contributed by atoms with Crippen molar-refractivity contribution in [1.29, 1.82) is 0 Å². The van der Waals surface area contributed by atoms with Crippen LogP contribution in [-0.4, -0.2) is 59.4 Å². The molecule has 0 N–H and O–H groups in total. The minimum Gasteiger partial charge on any atom is -0.353 e. The molecule has 2 fully saturated rings. The molecule has 26 heavy (non-hydrogen) atoms. The van der Waals surface area contributed by atoms with Crippen molar-refractivity contribution in [2.24, 2.45) is 0 Å². The zero-order chi connectivity index (χ0) is 17.9. The van der Waals surface area contributed by atoms with Crippen LogP contribution in [0, 0.1) is 0 Å². The number of nitrogens with zero attached hydrogens (tertiary/aromatic N) is 5. The first-order chi connectivity index (χ1) is 12.7. The van der Waals surface area contributed by atoms with Gasteiger partial charge in [0.1, 0.15) is 5.82 Å². The molecule has 2 aromatic heterocycles. The maximum atomic E-state index is 12.6. The van der Waals surface area contributed by atoms with Crippen LogP contribution in [0.25, 0.3) is 0 Å². The summed E-state index contributed by atoms with van der Waals surface area (Å²) < 4.78 is 0. The number of carbonyl (C=O) groups excluding carboxylic acids is 2. The van der Waals surface area contributed by atoms with E-state index in [1.165, 1.54) is 11.3 Å². The molecule has 0 saturated carbocycles. The molecule has 0 bridgehead atoms. The Morgan fingerprint density at radius 2 is 2.00 bits per heavy atom. The third-order valence-electron chi connectivity index (χ3n) is 4.78. The molecule has 2 saturated heterocycles. The summed E-state index contributed by atoms with van der Waals surface area (Å²) in [5, 5.41) is 2.61. The zero-order valence-electron chi connectivity index (χ0n) is 14.5. The number of anilines is 2. The number of hydrogen-bond donors (Lipinski definition) is 0. The molecule has 0 unspecified atom stereocenters. The van der Waals surface area contributed by atoms with Gasteiger partial charge in [-0.2, -0.15) is 0 Å². The Bertz CT molecular complexity index is 786. The van der Waals surface area contributed by atoms with E-state index < -0.39 is 0 Å². The van der Waals surface area contributed by atoms with Crippen molar-refractivity contribution in [2.45, 2.75) is 19.3 Å². The number of rotatable bonds is 4. The van der Waals surface area contributed by atoms with E-state index in [4.69, 9.17) is 0 Å². The standard InChI is InChI=1S/C18H21N5O2S/c24-16-5-3-7-23(16)18-20-14(13-26-18)12-17(25)22-10-8-21(9-11-22)15-4-1-2-6-19-15/h1-2,4,6,13H,3,5,7-12H2. The first-order valence-corrected chi connectivity index (χ1v) is 9.77. The first kappa shape index (κ1) is 17.0. The number of piperazine rings is 1. The van der Waals surface area contributed by atoms with Crippen LogP contribution in [0.1, 0.15) is 18.5 Å². The van der Waals surface area contributed by atoms with E-state index in [1.807, 2.05) is 28.5 Å². The molecule has 0 aliphatic carbocycles. The van der Waals surface area contributed by atoms with Crippen LogP contribution in [0.15, 0.2) is 29.8 Å². The molecular formula is C18H21N5O2S. The number of hydrogen-bond acceptors (Lipinski definition) is 6. The minimum atomic E-state index is 0.0928. The van der Waals surface area contributed by atoms with Crippen molar-refractivity contribution < 1.29 is 9.59 Å². The minimum absolute atomic E-state index is 0.0928. The van der Waals surface area contributed by atoms with Gasteiger partial charge in [0.15, 0.2) is 5.13 Å². The molecule has 0 aromatic carbocycles. The van der Waals surface area contributed by atoms with Crippen molar-refractivity contribution in [3.8, 4) is 0 Å². The van der Waals surface area contributed by atoms with Gasteiger partial charge >= 0.3 is 0 Å². The number of thiazole rings is 1. The summed E-state index contributed by atoms with van der Waals surface area (Å²) in [6, 6.07) is 5.87. The van der Waals surface area contributed by atoms with Crippen molar-refractivity contribution in [3.63, 3.8) is 0 Å². The van der Waals surface area contributed by atoms with E-state index in [2.05, 4.69) is 14.9 Å². The highest BCUT2D eigenvalue weighted by Crippen LogP contribution is 2.25. The van der Waals surface area contributed by atoms with Crippen LogP contribution in [-0.2, 0) is 16.0 Å². The van der Waals surface area contributed by atoms with Gasteiger partial charge in [-0.05, 0) is 18.6 Å². The number of amides is 2. The van der Waals surface area contributed by atoms with E-state index in [1.54, 1.807) is 11.1 Å². The summed E-state index contributed by atoms with van der Waals surface area (Å²) in [5.74, 6) is 1.18. The highest BCUT2D eigenvalue weighted by atomic mass is 32.1. The van der Waals surface area contributed by atoms with Crippen LogP contribution in [0.3, 0.4) is 0 Å². The van der Waals surface area contributed by atoms with E-state index >= 15 is 0 Å². The Kier molecular flexibility index (Phi) is 4.83. The number of aromatic nitrogens is 2. The smallest absolute Gasteiger partial charge is 0.228 e. The molecule has 2 aliphatic rings. The Labute approximate surface area is 156 Å². The fraction of sp³-hybridized carbons (Fsp3) is 0.444. The highest BCUT2D eigenvalue weighted by molar-refractivity contribution is 7.14. The predicted molar refractivity (Wildman–Crippen MR) is 100 cm³/mol. The van der Waals surface area contributed by atoms with E-state index in [9.17, 15) is 9.59 Å². The Morgan fingerprint density at radius 3 is 2.69 bits per heavy atom. The second-order valence-corrected chi connectivity index (χ2v) is 7.34. The lowest BCUT2D eigenvalue weighted by Gasteiger charge is -2.35. The fourth-order valence-corrected chi connectivity index (χ4v) is 4.21. The average Bonchev–Trinajstić information content (AvgIpc) is 3.31.